The van der Waals surface area contributed by atoms with Crippen molar-refractivity contribution in [2.75, 3.05) is 25.0 Å². The van der Waals surface area contributed by atoms with Gasteiger partial charge in [0.25, 0.3) is 0 Å². The first-order chi connectivity index (χ1) is 12.0. The lowest BCUT2D eigenvalue weighted by atomic mass is 10.1. The van der Waals surface area contributed by atoms with E-state index in [9.17, 15) is 14.0 Å². The molecule has 0 aliphatic carbocycles. The molecule has 7 heteroatoms. The third-order valence-corrected chi connectivity index (χ3v) is 5.09. The summed E-state index contributed by atoms with van der Waals surface area (Å²) in [6.07, 6.45) is 2.69. The molecule has 1 N–H and O–H groups in total. The first-order valence-electron chi connectivity index (χ1n) is 8.59. The third kappa shape index (κ3) is 3.49. The highest BCUT2D eigenvalue weighted by molar-refractivity contribution is 6.39. The van der Waals surface area contributed by atoms with Gasteiger partial charge in [0, 0.05) is 25.2 Å². The van der Waals surface area contributed by atoms with Gasteiger partial charge in [0.15, 0.2) is 0 Å². The summed E-state index contributed by atoms with van der Waals surface area (Å²) >= 11 is 0. The minimum absolute atomic E-state index is 0.00264. The molecule has 2 saturated heterocycles. The number of carbonyl (C=O) groups excluding carboxylic acids is 2. The molecule has 2 amide bonds. The molecule has 1 aromatic rings. The highest BCUT2D eigenvalue weighted by Crippen LogP contribution is 2.30. The van der Waals surface area contributed by atoms with Crippen LogP contribution in [0.3, 0.4) is 0 Å². The van der Waals surface area contributed by atoms with Gasteiger partial charge in [0.05, 0.1) is 11.3 Å². The van der Waals surface area contributed by atoms with E-state index in [2.05, 4.69) is 17.1 Å². The van der Waals surface area contributed by atoms with E-state index >= 15 is 0 Å². The van der Waals surface area contributed by atoms with Crippen molar-refractivity contribution in [3.05, 3.63) is 29.6 Å². The Kier molecular flexibility index (Phi) is 5.00. The van der Waals surface area contributed by atoms with Crippen LogP contribution in [-0.2, 0) is 9.59 Å². The van der Waals surface area contributed by atoms with Gasteiger partial charge in [0.1, 0.15) is 11.9 Å². The van der Waals surface area contributed by atoms with Crippen molar-refractivity contribution in [3.8, 4) is 6.07 Å². The standard InChI is InChI=1S/C18H21FN4O2/c1-2-22-8-7-14-4-5-15(11-22)23(14)18(25)17(24)21-16-6-3-13(19)9-12(16)10-20/h3,6,9,14-15H,2,4-5,7-8,11H2,1H3,(H,21,24). The Morgan fingerprint density at radius 2 is 2.08 bits per heavy atom. The van der Waals surface area contributed by atoms with Crippen molar-refractivity contribution in [2.24, 2.45) is 0 Å². The summed E-state index contributed by atoms with van der Waals surface area (Å²) in [7, 11) is 0. The summed E-state index contributed by atoms with van der Waals surface area (Å²) in [6.45, 7) is 4.74. The van der Waals surface area contributed by atoms with Crippen LogP contribution in [0.15, 0.2) is 18.2 Å². The molecule has 2 atom stereocenters. The monoisotopic (exact) mass is 344 g/mol. The van der Waals surface area contributed by atoms with E-state index in [1.54, 1.807) is 4.90 Å². The van der Waals surface area contributed by atoms with Gasteiger partial charge in [-0.1, -0.05) is 6.92 Å². The second-order valence-electron chi connectivity index (χ2n) is 6.54. The number of carbonyl (C=O) groups is 2. The number of rotatable bonds is 2. The summed E-state index contributed by atoms with van der Waals surface area (Å²) < 4.78 is 13.2. The van der Waals surface area contributed by atoms with Gasteiger partial charge in [-0.2, -0.15) is 5.26 Å². The van der Waals surface area contributed by atoms with E-state index in [4.69, 9.17) is 5.26 Å². The molecular formula is C18H21FN4O2. The molecule has 2 unspecified atom stereocenters. The molecular weight excluding hydrogens is 323 g/mol. The molecule has 0 saturated carbocycles. The Labute approximate surface area is 146 Å². The zero-order chi connectivity index (χ0) is 18.0. The number of fused-ring (bicyclic) bond motifs is 2. The quantitative estimate of drug-likeness (QED) is 0.829. The average Bonchev–Trinajstić information content (AvgIpc) is 2.90. The van der Waals surface area contributed by atoms with E-state index in [0.717, 1.165) is 51.0 Å². The fourth-order valence-electron chi connectivity index (χ4n) is 3.77. The second kappa shape index (κ2) is 7.19. The summed E-state index contributed by atoms with van der Waals surface area (Å²) in [5.41, 5.74) is 0.150. The van der Waals surface area contributed by atoms with Crippen molar-refractivity contribution in [3.63, 3.8) is 0 Å². The smallest absolute Gasteiger partial charge is 0.313 e. The zero-order valence-corrected chi connectivity index (χ0v) is 14.2. The van der Waals surface area contributed by atoms with Gasteiger partial charge in [-0.05, 0) is 44.0 Å². The minimum atomic E-state index is -0.773. The topological polar surface area (TPSA) is 76.4 Å². The molecule has 6 nitrogen and oxygen atoms in total. The van der Waals surface area contributed by atoms with E-state index in [0.29, 0.717) is 0 Å². The first-order valence-corrected chi connectivity index (χ1v) is 8.59. The fraction of sp³-hybridized carbons (Fsp3) is 0.500. The number of likely N-dealkylation sites (N-methyl/N-ethyl adjacent to an activating group) is 1. The number of nitriles is 1. The number of nitrogens with one attached hydrogen (secondary N) is 1. The van der Waals surface area contributed by atoms with Gasteiger partial charge in [0.2, 0.25) is 0 Å². The molecule has 0 radical (unpaired) electrons. The Hall–Kier alpha value is -2.46. The molecule has 1 aromatic carbocycles. The predicted octanol–water partition coefficient (Wildman–Crippen LogP) is 1.72. The Morgan fingerprint density at radius 3 is 2.80 bits per heavy atom. The van der Waals surface area contributed by atoms with Crippen LogP contribution in [0.25, 0.3) is 0 Å². The summed E-state index contributed by atoms with van der Waals surface area (Å²) in [5.74, 6) is -1.91. The van der Waals surface area contributed by atoms with Gasteiger partial charge in [-0.3, -0.25) is 9.59 Å². The molecule has 2 heterocycles. The van der Waals surface area contributed by atoms with Crippen LogP contribution in [0, 0.1) is 17.1 Å². The molecule has 0 aromatic heterocycles. The number of amides is 2. The van der Waals surface area contributed by atoms with Crippen LogP contribution in [0.5, 0.6) is 0 Å². The van der Waals surface area contributed by atoms with E-state index in [1.165, 1.54) is 6.07 Å². The van der Waals surface area contributed by atoms with Crippen LogP contribution >= 0.6 is 0 Å². The number of hydrogen-bond acceptors (Lipinski definition) is 4. The van der Waals surface area contributed by atoms with Crippen LogP contribution in [0.4, 0.5) is 10.1 Å². The Bertz CT molecular complexity index is 730. The Morgan fingerprint density at radius 1 is 1.32 bits per heavy atom. The summed E-state index contributed by atoms with van der Waals surface area (Å²) in [5, 5.41) is 11.5. The lowest BCUT2D eigenvalue weighted by molar-refractivity contribution is -0.145. The lowest BCUT2D eigenvalue weighted by Crippen LogP contribution is -2.47. The van der Waals surface area contributed by atoms with Gasteiger partial charge >= 0.3 is 11.8 Å². The number of halogens is 1. The van der Waals surface area contributed by atoms with Gasteiger partial charge in [-0.25, -0.2) is 4.39 Å². The van der Waals surface area contributed by atoms with Gasteiger partial charge in [-0.15, -0.1) is 0 Å². The number of anilines is 1. The molecule has 0 spiro atoms. The van der Waals surface area contributed by atoms with Crippen molar-refractivity contribution in [1.29, 1.82) is 5.26 Å². The largest absolute Gasteiger partial charge is 0.327 e. The van der Waals surface area contributed by atoms with E-state index < -0.39 is 17.6 Å². The predicted molar refractivity (Wildman–Crippen MR) is 90.1 cm³/mol. The molecule has 2 aliphatic heterocycles. The molecule has 132 valence electrons. The average molecular weight is 344 g/mol. The molecule has 25 heavy (non-hydrogen) atoms. The Balaban J connectivity index is 1.75. The molecule has 2 bridgehead atoms. The number of hydrogen-bond donors (Lipinski definition) is 1. The molecule has 2 aliphatic rings. The van der Waals surface area contributed by atoms with Crippen molar-refractivity contribution >= 4 is 17.5 Å². The van der Waals surface area contributed by atoms with Crippen LogP contribution in [0.2, 0.25) is 0 Å². The summed E-state index contributed by atoms with van der Waals surface area (Å²) in [6, 6.07) is 5.45. The van der Waals surface area contributed by atoms with Crippen LogP contribution in [-0.4, -0.2) is 53.3 Å². The van der Waals surface area contributed by atoms with Crippen LogP contribution in [0.1, 0.15) is 31.7 Å². The van der Waals surface area contributed by atoms with E-state index in [-0.39, 0.29) is 23.3 Å². The van der Waals surface area contributed by atoms with E-state index in [1.807, 2.05) is 6.07 Å². The molecule has 2 fully saturated rings. The highest BCUT2D eigenvalue weighted by Gasteiger charge is 2.41. The third-order valence-electron chi connectivity index (χ3n) is 5.09. The highest BCUT2D eigenvalue weighted by atomic mass is 19.1. The fourth-order valence-corrected chi connectivity index (χ4v) is 3.77. The maximum Gasteiger partial charge on any atom is 0.313 e. The summed E-state index contributed by atoms with van der Waals surface area (Å²) in [4.78, 5) is 29.2. The minimum Gasteiger partial charge on any atom is -0.327 e. The number of nitrogens with zero attached hydrogens (tertiary/aromatic N) is 3. The second-order valence-corrected chi connectivity index (χ2v) is 6.54. The van der Waals surface area contributed by atoms with Crippen molar-refractivity contribution in [2.45, 2.75) is 38.3 Å². The maximum absolute atomic E-state index is 13.2. The SMILES string of the molecule is CCN1CCC2CCC(C1)N2C(=O)C(=O)Nc1ccc(F)cc1C#N. The number of likely N-dealkylation sites (tertiary alicyclic amines) is 1. The van der Waals surface area contributed by atoms with Gasteiger partial charge < -0.3 is 15.1 Å². The van der Waals surface area contributed by atoms with Crippen molar-refractivity contribution in [1.82, 2.24) is 9.80 Å². The normalized spacial score (nSPS) is 23.0. The maximum atomic E-state index is 13.2. The number of benzene rings is 1. The molecule has 3 rings (SSSR count). The zero-order valence-electron chi connectivity index (χ0n) is 14.2. The van der Waals surface area contributed by atoms with Crippen molar-refractivity contribution < 1.29 is 14.0 Å². The lowest BCUT2D eigenvalue weighted by Gasteiger charge is -2.28. The first kappa shape index (κ1) is 17.4. The van der Waals surface area contributed by atoms with Crippen LogP contribution < -0.4 is 5.32 Å².